The average molecular weight is 412 g/mol. The van der Waals surface area contributed by atoms with Crippen LogP contribution in [0.4, 0.5) is 5.69 Å². The minimum Gasteiger partial charge on any atom is -0.497 e. The molecular formula is C21H18ClN3O2S. The summed E-state index contributed by atoms with van der Waals surface area (Å²) in [6.45, 7) is 0.425. The lowest BCUT2D eigenvalue weighted by molar-refractivity contribution is -0.129. The van der Waals surface area contributed by atoms with Crippen LogP contribution in [0.25, 0.3) is 0 Å². The summed E-state index contributed by atoms with van der Waals surface area (Å²) in [5.74, 6) is 1.16. The van der Waals surface area contributed by atoms with Crippen LogP contribution >= 0.6 is 23.4 Å². The van der Waals surface area contributed by atoms with E-state index in [4.69, 9.17) is 16.3 Å². The molecule has 1 amide bonds. The molecule has 0 radical (unpaired) electrons. The zero-order valence-corrected chi connectivity index (χ0v) is 16.8. The summed E-state index contributed by atoms with van der Waals surface area (Å²) >= 11 is 7.86. The molecule has 0 N–H and O–H groups in total. The summed E-state index contributed by atoms with van der Waals surface area (Å²) < 4.78 is 5.21. The molecule has 2 heterocycles. The van der Waals surface area contributed by atoms with Gasteiger partial charge in [0.1, 0.15) is 5.75 Å². The van der Waals surface area contributed by atoms with Gasteiger partial charge in [0.15, 0.2) is 0 Å². The second-order valence-electron chi connectivity index (χ2n) is 6.58. The number of hydrogen-bond donors (Lipinski definition) is 0. The third-order valence-electron chi connectivity index (χ3n) is 5.01. The van der Waals surface area contributed by atoms with Gasteiger partial charge in [0.2, 0.25) is 5.91 Å². The van der Waals surface area contributed by atoms with Crippen LogP contribution in [0.2, 0.25) is 5.02 Å². The predicted octanol–water partition coefficient (Wildman–Crippen LogP) is 4.57. The largest absolute Gasteiger partial charge is 0.497 e. The molecule has 0 spiro atoms. The number of ether oxygens (including phenoxy) is 1. The molecule has 2 aromatic carbocycles. The standard InChI is InChI=1S/C21H18ClN3O2S/c1-27-15-8-6-14(7-9-15)24-12-25-20(26)10-17(16-4-2-3-5-19(16)22)18(11-23)21(25)28-13-24/h2-9,17H,10,12-13H2,1H3/t17-/m0/s1. The zero-order chi connectivity index (χ0) is 19.7. The van der Waals surface area contributed by atoms with E-state index in [0.717, 1.165) is 22.0 Å². The van der Waals surface area contributed by atoms with Crippen molar-refractivity contribution in [2.24, 2.45) is 0 Å². The minimum atomic E-state index is -0.294. The van der Waals surface area contributed by atoms with Gasteiger partial charge in [-0.05, 0) is 35.9 Å². The number of methoxy groups -OCH3 is 1. The fourth-order valence-electron chi connectivity index (χ4n) is 3.54. The number of nitrogens with zero attached hydrogens (tertiary/aromatic N) is 3. The number of rotatable bonds is 3. The average Bonchev–Trinajstić information content (AvgIpc) is 2.74. The van der Waals surface area contributed by atoms with Crippen LogP contribution in [-0.2, 0) is 4.79 Å². The molecule has 5 nitrogen and oxygen atoms in total. The summed E-state index contributed by atoms with van der Waals surface area (Å²) in [6.07, 6.45) is 0.243. The van der Waals surface area contributed by atoms with Gasteiger partial charge in [-0.1, -0.05) is 41.6 Å². The fourth-order valence-corrected chi connectivity index (χ4v) is 4.98. The van der Waals surface area contributed by atoms with E-state index in [1.165, 1.54) is 11.8 Å². The number of benzene rings is 2. The van der Waals surface area contributed by atoms with Gasteiger partial charge < -0.3 is 9.64 Å². The van der Waals surface area contributed by atoms with Crippen molar-refractivity contribution < 1.29 is 9.53 Å². The van der Waals surface area contributed by atoms with Gasteiger partial charge in [0.25, 0.3) is 0 Å². The molecular weight excluding hydrogens is 394 g/mol. The smallest absolute Gasteiger partial charge is 0.229 e. The van der Waals surface area contributed by atoms with Crippen molar-refractivity contribution >= 4 is 35.0 Å². The second kappa shape index (κ2) is 7.78. The van der Waals surface area contributed by atoms with E-state index in [-0.39, 0.29) is 18.2 Å². The Labute approximate surface area is 173 Å². The quantitative estimate of drug-likeness (QED) is 0.740. The Morgan fingerprint density at radius 1 is 1.21 bits per heavy atom. The van der Waals surface area contributed by atoms with Crippen molar-refractivity contribution in [1.29, 1.82) is 5.26 Å². The molecule has 2 aliphatic heterocycles. The van der Waals surface area contributed by atoms with Crippen molar-refractivity contribution in [2.45, 2.75) is 12.3 Å². The Morgan fingerprint density at radius 2 is 1.96 bits per heavy atom. The first kappa shape index (κ1) is 18.7. The Kier molecular flexibility index (Phi) is 5.21. The minimum absolute atomic E-state index is 0.00429. The molecule has 0 aromatic heterocycles. The van der Waals surface area contributed by atoms with Crippen LogP contribution in [0.1, 0.15) is 17.9 Å². The maximum atomic E-state index is 12.9. The predicted molar refractivity (Wildman–Crippen MR) is 111 cm³/mol. The number of thioether (sulfide) groups is 1. The highest BCUT2D eigenvalue weighted by atomic mass is 35.5. The Morgan fingerprint density at radius 3 is 2.64 bits per heavy atom. The molecule has 4 rings (SSSR count). The lowest BCUT2D eigenvalue weighted by Gasteiger charge is -2.42. The first-order valence-electron chi connectivity index (χ1n) is 8.83. The van der Waals surface area contributed by atoms with Gasteiger partial charge in [-0.25, -0.2) is 0 Å². The summed E-state index contributed by atoms with van der Waals surface area (Å²) in [5.41, 5.74) is 2.46. The molecule has 1 fully saturated rings. The van der Waals surface area contributed by atoms with Crippen molar-refractivity contribution in [3.05, 3.63) is 69.7 Å². The highest BCUT2D eigenvalue weighted by Crippen LogP contribution is 2.44. The number of amides is 1. The number of carbonyl (C=O) groups is 1. The van der Waals surface area contributed by atoms with Crippen molar-refractivity contribution in [3.63, 3.8) is 0 Å². The van der Waals surface area contributed by atoms with E-state index in [0.29, 0.717) is 23.1 Å². The maximum Gasteiger partial charge on any atom is 0.229 e. The number of carbonyl (C=O) groups excluding carboxylic acids is 1. The van der Waals surface area contributed by atoms with Crippen LogP contribution in [0.15, 0.2) is 59.1 Å². The molecule has 1 saturated heterocycles. The maximum absolute atomic E-state index is 12.9. The summed E-state index contributed by atoms with van der Waals surface area (Å²) in [4.78, 5) is 16.8. The van der Waals surface area contributed by atoms with Gasteiger partial charge in [0.05, 0.1) is 36.3 Å². The Balaban J connectivity index is 1.65. The van der Waals surface area contributed by atoms with E-state index in [2.05, 4.69) is 11.0 Å². The number of allylic oxidation sites excluding steroid dienone is 1. The molecule has 0 unspecified atom stereocenters. The molecule has 2 aliphatic rings. The number of fused-ring (bicyclic) bond motifs is 1. The topological polar surface area (TPSA) is 56.6 Å². The van der Waals surface area contributed by atoms with E-state index in [1.54, 1.807) is 18.1 Å². The van der Waals surface area contributed by atoms with Crippen molar-refractivity contribution in [3.8, 4) is 11.8 Å². The number of anilines is 1. The Bertz CT molecular complexity index is 984. The molecule has 0 bridgehead atoms. The van der Waals surface area contributed by atoms with Gasteiger partial charge >= 0.3 is 0 Å². The normalized spacial score (nSPS) is 19.3. The molecule has 2 aromatic rings. The van der Waals surface area contributed by atoms with Gasteiger partial charge in [-0.3, -0.25) is 9.69 Å². The van der Waals surface area contributed by atoms with Crippen LogP contribution in [0.3, 0.4) is 0 Å². The first-order valence-corrected chi connectivity index (χ1v) is 10.2. The lowest BCUT2D eigenvalue weighted by atomic mass is 9.86. The molecule has 1 atom stereocenters. The summed E-state index contributed by atoms with van der Waals surface area (Å²) in [5, 5.41) is 11.2. The summed E-state index contributed by atoms with van der Waals surface area (Å²) in [7, 11) is 1.63. The first-order chi connectivity index (χ1) is 13.6. The van der Waals surface area contributed by atoms with Gasteiger partial charge in [-0.15, -0.1) is 0 Å². The third kappa shape index (κ3) is 3.32. The number of halogens is 1. The van der Waals surface area contributed by atoms with Gasteiger partial charge in [-0.2, -0.15) is 5.26 Å². The highest BCUT2D eigenvalue weighted by Gasteiger charge is 2.38. The molecule has 0 aliphatic carbocycles. The van der Waals surface area contributed by atoms with E-state index in [1.807, 2.05) is 42.5 Å². The Hall–Kier alpha value is -2.62. The van der Waals surface area contributed by atoms with Crippen LogP contribution in [0.5, 0.6) is 5.75 Å². The van der Waals surface area contributed by atoms with Gasteiger partial charge in [0, 0.05) is 23.0 Å². The fraction of sp³-hybridized carbons (Fsp3) is 0.238. The SMILES string of the molecule is COc1ccc(N2CSC3=C(C#N)[C@H](c4ccccc4Cl)CC(=O)N3C2)cc1. The molecule has 28 heavy (non-hydrogen) atoms. The lowest BCUT2D eigenvalue weighted by Crippen LogP contribution is -2.47. The van der Waals surface area contributed by atoms with Crippen LogP contribution in [0, 0.1) is 11.3 Å². The number of hydrogen-bond acceptors (Lipinski definition) is 5. The van der Waals surface area contributed by atoms with Crippen molar-refractivity contribution in [2.75, 3.05) is 24.6 Å². The van der Waals surface area contributed by atoms with Crippen molar-refractivity contribution in [1.82, 2.24) is 4.90 Å². The number of nitriles is 1. The van der Waals surface area contributed by atoms with E-state index in [9.17, 15) is 10.1 Å². The summed E-state index contributed by atoms with van der Waals surface area (Å²) in [6, 6.07) is 17.5. The van der Waals surface area contributed by atoms with E-state index < -0.39 is 0 Å². The third-order valence-corrected chi connectivity index (χ3v) is 6.51. The highest BCUT2D eigenvalue weighted by molar-refractivity contribution is 8.03. The van der Waals surface area contributed by atoms with Crippen LogP contribution in [-0.4, -0.2) is 30.5 Å². The molecule has 7 heteroatoms. The molecule has 142 valence electrons. The second-order valence-corrected chi connectivity index (χ2v) is 7.92. The van der Waals surface area contributed by atoms with E-state index >= 15 is 0 Å². The molecule has 0 saturated carbocycles. The van der Waals surface area contributed by atoms with Crippen LogP contribution < -0.4 is 9.64 Å². The monoisotopic (exact) mass is 411 g/mol. The zero-order valence-electron chi connectivity index (χ0n) is 15.3.